The zero-order valence-corrected chi connectivity index (χ0v) is 12.9. The van der Waals surface area contributed by atoms with Gasteiger partial charge in [-0.15, -0.1) is 0 Å². The lowest BCUT2D eigenvalue weighted by atomic mass is 9.82. The van der Waals surface area contributed by atoms with Crippen molar-refractivity contribution in [2.75, 3.05) is 31.3 Å². The van der Waals surface area contributed by atoms with E-state index in [-0.39, 0.29) is 17.1 Å². The van der Waals surface area contributed by atoms with Crippen LogP contribution in [0.4, 0.5) is 10.2 Å². The average molecular weight is 318 g/mol. The summed E-state index contributed by atoms with van der Waals surface area (Å²) in [5.74, 6) is -0.714. The van der Waals surface area contributed by atoms with Crippen LogP contribution in [0.2, 0.25) is 0 Å². The molecular formula is C13H19FN2O4S. The van der Waals surface area contributed by atoms with E-state index in [0.717, 1.165) is 25.2 Å². The third-order valence-corrected chi connectivity index (χ3v) is 3.91. The van der Waals surface area contributed by atoms with Crippen molar-refractivity contribution in [3.8, 4) is 5.88 Å². The summed E-state index contributed by atoms with van der Waals surface area (Å²) in [7, 11) is -3.68. The first-order valence-corrected chi connectivity index (χ1v) is 8.47. The largest absolute Gasteiger partial charge is 0.381 e. The second-order valence-electron chi connectivity index (χ2n) is 5.54. The molecule has 0 bridgehead atoms. The Hall–Kier alpha value is -1.41. The number of hydrogen-bond acceptors (Lipinski definition) is 6. The van der Waals surface area contributed by atoms with E-state index >= 15 is 0 Å². The molecule has 0 saturated carbocycles. The maximum Gasteiger partial charge on any atom is 0.307 e. The van der Waals surface area contributed by atoms with Gasteiger partial charge in [0.2, 0.25) is 5.88 Å². The summed E-state index contributed by atoms with van der Waals surface area (Å²) in [6.45, 7) is 4.00. The minimum absolute atomic E-state index is 0.0000641. The van der Waals surface area contributed by atoms with Crippen LogP contribution < -0.4 is 9.50 Å². The van der Waals surface area contributed by atoms with Crippen molar-refractivity contribution >= 4 is 15.9 Å². The van der Waals surface area contributed by atoms with Gasteiger partial charge in [-0.1, -0.05) is 6.92 Å². The fourth-order valence-corrected chi connectivity index (χ4v) is 2.49. The van der Waals surface area contributed by atoms with Crippen molar-refractivity contribution in [2.24, 2.45) is 5.41 Å². The van der Waals surface area contributed by atoms with Crippen LogP contribution in [-0.4, -0.2) is 39.4 Å². The van der Waals surface area contributed by atoms with Crippen LogP contribution in [0.25, 0.3) is 0 Å². The van der Waals surface area contributed by atoms with Crippen LogP contribution in [0.1, 0.15) is 19.8 Å². The smallest absolute Gasteiger partial charge is 0.307 e. The van der Waals surface area contributed by atoms with E-state index in [1.54, 1.807) is 0 Å². The molecule has 0 amide bonds. The lowest BCUT2D eigenvalue weighted by molar-refractivity contribution is 0.0299. The first-order chi connectivity index (χ1) is 9.77. The minimum Gasteiger partial charge on any atom is -0.381 e. The maximum atomic E-state index is 13.7. The Bertz CT molecular complexity index is 600. The van der Waals surface area contributed by atoms with Crippen LogP contribution in [0.15, 0.2) is 12.1 Å². The molecule has 0 radical (unpaired) electrons. The molecule has 1 aliphatic heterocycles. The van der Waals surface area contributed by atoms with Crippen molar-refractivity contribution in [3.63, 3.8) is 0 Å². The van der Waals surface area contributed by atoms with Gasteiger partial charge in [0.25, 0.3) is 0 Å². The van der Waals surface area contributed by atoms with Crippen LogP contribution in [0.5, 0.6) is 5.88 Å². The lowest BCUT2D eigenvalue weighted by Crippen LogP contribution is -2.33. The van der Waals surface area contributed by atoms with Gasteiger partial charge in [-0.2, -0.15) is 13.4 Å². The van der Waals surface area contributed by atoms with Crippen LogP contribution >= 0.6 is 0 Å². The van der Waals surface area contributed by atoms with Crippen LogP contribution in [0, 0.1) is 11.2 Å². The van der Waals surface area contributed by atoms with E-state index in [0.29, 0.717) is 19.8 Å². The molecule has 118 valence electrons. The number of pyridine rings is 1. The second-order valence-corrected chi connectivity index (χ2v) is 7.12. The highest BCUT2D eigenvalue weighted by atomic mass is 32.2. The van der Waals surface area contributed by atoms with Gasteiger partial charge < -0.3 is 14.2 Å². The molecule has 0 unspecified atom stereocenters. The number of rotatable bonds is 5. The molecule has 8 heteroatoms. The van der Waals surface area contributed by atoms with Gasteiger partial charge in [0.05, 0.1) is 6.26 Å². The summed E-state index contributed by atoms with van der Waals surface area (Å²) in [4.78, 5) is 3.85. The van der Waals surface area contributed by atoms with E-state index < -0.39 is 15.9 Å². The molecule has 1 fully saturated rings. The lowest BCUT2D eigenvalue weighted by Gasteiger charge is -2.33. The van der Waals surface area contributed by atoms with Crippen LogP contribution in [0.3, 0.4) is 0 Å². The topological polar surface area (TPSA) is 77.5 Å². The maximum absolute atomic E-state index is 13.7. The Morgan fingerprint density at radius 2 is 2.10 bits per heavy atom. The van der Waals surface area contributed by atoms with Gasteiger partial charge >= 0.3 is 10.1 Å². The second kappa shape index (κ2) is 6.15. The van der Waals surface area contributed by atoms with Gasteiger partial charge in [0.15, 0.2) is 11.6 Å². The SMILES string of the molecule is CC1(CNc2nc(OS(C)(=O)=O)ccc2F)CCOCC1. The van der Waals surface area contributed by atoms with Gasteiger partial charge in [-0.25, -0.2) is 4.39 Å². The molecule has 21 heavy (non-hydrogen) atoms. The molecule has 2 rings (SSSR count). The Balaban J connectivity index is 2.06. The normalized spacial score (nSPS) is 18.2. The molecule has 1 aromatic rings. The standard InChI is InChI=1S/C13H19FN2O4S/c1-13(5-7-19-8-6-13)9-15-12-10(14)3-4-11(16-12)20-21(2,17)18/h3-4H,5-9H2,1-2H3,(H,15,16). The summed E-state index contributed by atoms with van der Waals surface area (Å²) in [5, 5.41) is 2.93. The number of anilines is 1. The fourth-order valence-electron chi connectivity index (χ4n) is 2.09. The molecular weight excluding hydrogens is 299 g/mol. The van der Waals surface area contributed by atoms with E-state index in [4.69, 9.17) is 4.74 Å². The molecule has 6 nitrogen and oxygen atoms in total. The monoisotopic (exact) mass is 318 g/mol. The number of nitrogens with zero attached hydrogens (tertiary/aromatic N) is 1. The van der Waals surface area contributed by atoms with E-state index in [9.17, 15) is 12.8 Å². The van der Waals surface area contributed by atoms with Gasteiger partial charge in [0, 0.05) is 25.8 Å². The fraction of sp³-hybridized carbons (Fsp3) is 0.615. The number of nitrogens with one attached hydrogen (secondary N) is 1. The van der Waals surface area contributed by atoms with Crippen molar-refractivity contribution in [1.29, 1.82) is 0 Å². The summed E-state index contributed by atoms with van der Waals surface area (Å²) >= 11 is 0. The number of halogens is 1. The van der Waals surface area contributed by atoms with Crippen molar-refractivity contribution < 1.29 is 21.7 Å². The quantitative estimate of drug-likeness (QED) is 0.834. The molecule has 1 N–H and O–H groups in total. The van der Waals surface area contributed by atoms with Gasteiger partial charge in [-0.05, 0) is 24.3 Å². The zero-order valence-electron chi connectivity index (χ0n) is 12.1. The summed E-state index contributed by atoms with van der Waals surface area (Å²) in [6.07, 6.45) is 2.66. The summed E-state index contributed by atoms with van der Waals surface area (Å²) < 4.78 is 45.8. The summed E-state index contributed by atoms with van der Waals surface area (Å²) in [5.41, 5.74) is 0.0000641. The molecule has 0 atom stereocenters. The van der Waals surface area contributed by atoms with Gasteiger partial charge in [-0.3, -0.25) is 0 Å². The van der Waals surface area contributed by atoms with E-state index in [1.165, 1.54) is 6.07 Å². The van der Waals surface area contributed by atoms with Crippen molar-refractivity contribution in [2.45, 2.75) is 19.8 Å². The molecule has 2 heterocycles. The predicted molar refractivity (Wildman–Crippen MR) is 76.3 cm³/mol. The average Bonchev–Trinajstić information content (AvgIpc) is 2.39. The predicted octanol–water partition coefficient (Wildman–Crippen LogP) is 1.79. The molecule has 1 saturated heterocycles. The minimum atomic E-state index is -3.68. The highest BCUT2D eigenvalue weighted by Gasteiger charge is 2.27. The molecule has 0 spiro atoms. The molecule has 1 aliphatic rings. The Morgan fingerprint density at radius 1 is 1.43 bits per heavy atom. The first-order valence-electron chi connectivity index (χ1n) is 6.65. The Kier molecular flexibility index (Phi) is 4.67. The Morgan fingerprint density at radius 3 is 2.71 bits per heavy atom. The van der Waals surface area contributed by atoms with E-state index in [1.807, 2.05) is 0 Å². The first kappa shape index (κ1) is 16.0. The van der Waals surface area contributed by atoms with Gasteiger partial charge in [0.1, 0.15) is 0 Å². The molecule has 1 aromatic heterocycles. The highest BCUT2D eigenvalue weighted by Crippen LogP contribution is 2.30. The molecule has 0 aromatic carbocycles. The van der Waals surface area contributed by atoms with E-state index in [2.05, 4.69) is 21.4 Å². The van der Waals surface area contributed by atoms with Crippen molar-refractivity contribution in [1.82, 2.24) is 4.98 Å². The van der Waals surface area contributed by atoms with Crippen LogP contribution in [-0.2, 0) is 14.9 Å². The van der Waals surface area contributed by atoms with Crippen molar-refractivity contribution in [3.05, 3.63) is 17.9 Å². The highest BCUT2D eigenvalue weighted by molar-refractivity contribution is 7.86. The third kappa shape index (κ3) is 4.82. The number of ether oxygens (including phenoxy) is 1. The number of hydrogen-bond donors (Lipinski definition) is 1. The molecule has 0 aliphatic carbocycles. The number of aromatic nitrogens is 1. The zero-order chi connectivity index (χ0) is 15.5. The Labute approximate surface area is 123 Å². The summed E-state index contributed by atoms with van der Waals surface area (Å²) in [6, 6.07) is 2.31. The third-order valence-electron chi connectivity index (χ3n) is 3.44.